The van der Waals surface area contributed by atoms with Gasteiger partial charge >= 0.3 is 0 Å². The smallest absolute Gasteiger partial charge is 0.228 e. The van der Waals surface area contributed by atoms with Crippen molar-refractivity contribution in [1.29, 1.82) is 0 Å². The molecule has 0 N–H and O–H groups in total. The molecule has 1 amide bonds. The molecule has 3 heterocycles. The minimum absolute atomic E-state index is 0.162. The van der Waals surface area contributed by atoms with E-state index in [2.05, 4.69) is 29.4 Å². The van der Waals surface area contributed by atoms with Crippen molar-refractivity contribution in [2.45, 2.75) is 24.3 Å². The Labute approximate surface area is 143 Å². The molecule has 0 bridgehead atoms. The Morgan fingerprint density at radius 1 is 1.39 bits per heavy atom. The number of thiazole rings is 1. The lowest BCUT2D eigenvalue weighted by molar-refractivity contribution is -0.131. The summed E-state index contributed by atoms with van der Waals surface area (Å²) in [6, 6.07) is 6.56. The summed E-state index contributed by atoms with van der Waals surface area (Å²) < 4.78 is 1.97. The average molecular weight is 343 g/mol. The summed E-state index contributed by atoms with van der Waals surface area (Å²) in [5, 5.41) is 2.00. The second-order valence-electron chi connectivity index (χ2n) is 5.70. The Morgan fingerprint density at radius 2 is 2.30 bits per heavy atom. The number of hydrogen-bond acceptors (Lipinski definition) is 4. The van der Waals surface area contributed by atoms with E-state index in [9.17, 15) is 4.79 Å². The van der Waals surface area contributed by atoms with Crippen LogP contribution in [0.1, 0.15) is 16.8 Å². The first-order valence-electron chi connectivity index (χ1n) is 7.57. The lowest BCUT2D eigenvalue weighted by Crippen LogP contribution is -2.37. The lowest BCUT2D eigenvalue weighted by Gasteiger charge is -2.29. The van der Waals surface area contributed by atoms with Gasteiger partial charge in [-0.3, -0.25) is 9.20 Å². The minimum atomic E-state index is 0.162. The maximum absolute atomic E-state index is 12.6. The quantitative estimate of drug-likeness (QED) is 0.685. The van der Waals surface area contributed by atoms with E-state index in [4.69, 9.17) is 0 Å². The molecule has 0 fully saturated rings. The van der Waals surface area contributed by atoms with Crippen LogP contribution in [0.25, 0.3) is 4.96 Å². The normalized spacial score (nSPS) is 14.2. The van der Waals surface area contributed by atoms with E-state index in [1.54, 1.807) is 23.1 Å². The summed E-state index contributed by atoms with van der Waals surface area (Å²) in [5.74, 6) is 0.162. The van der Waals surface area contributed by atoms with Crippen LogP contribution in [0.3, 0.4) is 0 Å². The number of amides is 1. The highest BCUT2D eigenvalue weighted by atomic mass is 32.2. The zero-order valence-electron chi connectivity index (χ0n) is 12.9. The van der Waals surface area contributed by atoms with E-state index in [0.717, 1.165) is 23.6 Å². The molecule has 4 nitrogen and oxygen atoms in total. The molecule has 0 unspecified atom stereocenters. The van der Waals surface area contributed by atoms with E-state index in [1.165, 1.54) is 16.0 Å². The van der Waals surface area contributed by atoms with Gasteiger partial charge in [0.05, 0.1) is 12.1 Å². The summed E-state index contributed by atoms with van der Waals surface area (Å²) in [6.45, 7) is 1.51. The number of imidazole rings is 1. The molecule has 3 aromatic rings. The van der Waals surface area contributed by atoms with Crippen LogP contribution < -0.4 is 0 Å². The van der Waals surface area contributed by atoms with Gasteiger partial charge in [0.15, 0.2) is 4.96 Å². The highest BCUT2D eigenvalue weighted by Gasteiger charge is 2.21. The van der Waals surface area contributed by atoms with Crippen LogP contribution in [0.5, 0.6) is 0 Å². The van der Waals surface area contributed by atoms with E-state index in [-0.39, 0.29) is 5.91 Å². The maximum atomic E-state index is 12.6. The monoisotopic (exact) mass is 343 g/mol. The van der Waals surface area contributed by atoms with Crippen molar-refractivity contribution in [2.75, 3.05) is 12.8 Å². The molecule has 4 rings (SSSR count). The fourth-order valence-corrected chi connectivity index (χ4v) is 4.18. The van der Waals surface area contributed by atoms with Gasteiger partial charge in [-0.15, -0.1) is 23.1 Å². The van der Waals surface area contributed by atoms with Gasteiger partial charge in [0.1, 0.15) is 0 Å². The number of carbonyl (C=O) groups is 1. The van der Waals surface area contributed by atoms with Crippen molar-refractivity contribution in [3.8, 4) is 0 Å². The van der Waals surface area contributed by atoms with Crippen molar-refractivity contribution >= 4 is 34.0 Å². The third kappa shape index (κ3) is 2.88. The van der Waals surface area contributed by atoms with Gasteiger partial charge < -0.3 is 4.90 Å². The van der Waals surface area contributed by atoms with E-state index < -0.39 is 0 Å². The highest BCUT2D eigenvalue weighted by molar-refractivity contribution is 7.98. The topological polar surface area (TPSA) is 37.6 Å². The van der Waals surface area contributed by atoms with Gasteiger partial charge in [-0.1, -0.05) is 6.07 Å². The lowest BCUT2D eigenvalue weighted by atomic mass is 9.99. The molecule has 23 heavy (non-hydrogen) atoms. The van der Waals surface area contributed by atoms with Crippen LogP contribution in [-0.2, 0) is 24.2 Å². The van der Waals surface area contributed by atoms with Crippen LogP contribution in [0.2, 0.25) is 0 Å². The van der Waals surface area contributed by atoms with Crippen LogP contribution in [0, 0.1) is 0 Å². The van der Waals surface area contributed by atoms with E-state index >= 15 is 0 Å². The van der Waals surface area contributed by atoms with Gasteiger partial charge in [0, 0.05) is 35.8 Å². The fraction of sp³-hybridized carbons (Fsp3) is 0.294. The molecular weight excluding hydrogens is 326 g/mol. The second kappa shape index (κ2) is 6.02. The molecule has 0 aliphatic carbocycles. The Morgan fingerprint density at radius 3 is 3.13 bits per heavy atom. The van der Waals surface area contributed by atoms with E-state index in [1.807, 2.05) is 27.1 Å². The molecule has 2 aromatic heterocycles. The van der Waals surface area contributed by atoms with Gasteiger partial charge in [0.25, 0.3) is 0 Å². The molecule has 0 radical (unpaired) electrons. The first-order valence-corrected chi connectivity index (χ1v) is 9.68. The van der Waals surface area contributed by atoms with Crippen molar-refractivity contribution in [1.82, 2.24) is 14.3 Å². The number of carbonyl (C=O) groups excluding carboxylic acids is 1. The maximum Gasteiger partial charge on any atom is 0.228 e. The number of aromatic nitrogens is 2. The Balaban J connectivity index is 1.47. The van der Waals surface area contributed by atoms with Crippen molar-refractivity contribution in [2.24, 2.45) is 0 Å². The Hall–Kier alpha value is -1.79. The molecular formula is C17H17N3OS2. The van der Waals surface area contributed by atoms with Gasteiger partial charge in [-0.25, -0.2) is 4.98 Å². The molecule has 0 atom stereocenters. The summed E-state index contributed by atoms with van der Waals surface area (Å²) in [6.07, 6.45) is 7.34. The Bertz CT molecular complexity index is 839. The number of nitrogens with zero attached hydrogens (tertiary/aromatic N) is 3. The summed E-state index contributed by atoms with van der Waals surface area (Å²) in [7, 11) is 0. The van der Waals surface area contributed by atoms with Gasteiger partial charge in [-0.05, 0) is 35.9 Å². The molecule has 1 aromatic carbocycles. The first kappa shape index (κ1) is 14.8. The fourth-order valence-electron chi connectivity index (χ4n) is 3.00. The second-order valence-corrected chi connectivity index (χ2v) is 7.45. The standard InChI is InChI=1S/C17H17N3OS2/c1-22-15-3-2-13-10-19(5-4-12(13)8-15)16(21)9-14-11-20-6-7-23-17(20)18-14/h2-3,6-8,11H,4-5,9-10H2,1H3. The van der Waals surface area contributed by atoms with Crippen molar-refractivity contribution in [3.63, 3.8) is 0 Å². The zero-order chi connectivity index (χ0) is 15.8. The summed E-state index contributed by atoms with van der Waals surface area (Å²) in [4.78, 5) is 21.3. The molecule has 0 spiro atoms. The van der Waals surface area contributed by atoms with Crippen molar-refractivity contribution in [3.05, 3.63) is 52.8 Å². The molecule has 0 saturated heterocycles. The molecule has 6 heteroatoms. The largest absolute Gasteiger partial charge is 0.338 e. The third-order valence-electron chi connectivity index (χ3n) is 4.25. The van der Waals surface area contributed by atoms with Gasteiger partial charge in [0.2, 0.25) is 5.91 Å². The molecule has 118 valence electrons. The average Bonchev–Trinajstić information content (AvgIpc) is 3.15. The number of fused-ring (bicyclic) bond motifs is 2. The van der Waals surface area contributed by atoms with Crippen LogP contribution >= 0.6 is 23.1 Å². The van der Waals surface area contributed by atoms with Crippen LogP contribution in [0.4, 0.5) is 0 Å². The summed E-state index contributed by atoms with van der Waals surface area (Å²) >= 11 is 3.35. The number of hydrogen-bond donors (Lipinski definition) is 0. The SMILES string of the molecule is CSc1ccc2c(c1)CCN(C(=O)Cc1cn3ccsc3n1)C2. The number of rotatable bonds is 3. The Kier molecular flexibility index (Phi) is 3.87. The molecule has 0 saturated carbocycles. The minimum Gasteiger partial charge on any atom is -0.338 e. The van der Waals surface area contributed by atoms with Crippen LogP contribution in [-0.4, -0.2) is 33.0 Å². The van der Waals surface area contributed by atoms with Gasteiger partial charge in [-0.2, -0.15) is 0 Å². The van der Waals surface area contributed by atoms with Crippen LogP contribution in [0.15, 0.2) is 40.9 Å². The third-order valence-corrected chi connectivity index (χ3v) is 5.75. The molecule has 1 aliphatic heterocycles. The van der Waals surface area contributed by atoms with Crippen molar-refractivity contribution < 1.29 is 4.79 Å². The number of benzene rings is 1. The summed E-state index contributed by atoms with van der Waals surface area (Å²) in [5.41, 5.74) is 3.50. The predicted molar refractivity (Wildman–Crippen MR) is 94.1 cm³/mol. The zero-order valence-corrected chi connectivity index (χ0v) is 14.5. The molecule has 1 aliphatic rings. The number of thioether (sulfide) groups is 1. The highest BCUT2D eigenvalue weighted by Crippen LogP contribution is 2.25. The first-order chi connectivity index (χ1) is 11.2. The predicted octanol–water partition coefficient (Wildman–Crippen LogP) is 3.25. The van der Waals surface area contributed by atoms with E-state index in [0.29, 0.717) is 13.0 Å².